The number of hydrogen-bond acceptors (Lipinski definition) is 3. The Morgan fingerprint density at radius 3 is 2.58 bits per heavy atom. The van der Waals surface area contributed by atoms with Crippen LogP contribution in [0.1, 0.15) is 25.5 Å². The largest absolute Gasteiger partial charge is 0.329 e. The van der Waals surface area contributed by atoms with Crippen LogP contribution in [0.5, 0.6) is 0 Å². The lowest BCUT2D eigenvalue weighted by molar-refractivity contribution is 0.195. The van der Waals surface area contributed by atoms with Crippen LogP contribution in [0.2, 0.25) is 0 Å². The highest BCUT2D eigenvalue weighted by Gasteiger charge is 2.29. The van der Waals surface area contributed by atoms with Gasteiger partial charge in [-0.25, -0.2) is 4.39 Å². The van der Waals surface area contributed by atoms with Gasteiger partial charge in [0, 0.05) is 46.2 Å². The number of hydrogen-bond donors (Lipinski definition) is 1. The van der Waals surface area contributed by atoms with E-state index in [4.69, 9.17) is 5.73 Å². The molecule has 1 heterocycles. The molecule has 1 aromatic rings. The van der Waals surface area contributed by atoms with Crippen LogP contribution in [-0.4, -0.2) is 35.0 Å². The van der Waals surface area contributed by atoms with E-state index in [0.717, 1.165) is 17.6 Å². The Bertz CT molecular complexity index is 433. The van der Waals surface area contributed by atoms with Crippen molar-refractivity contribution in [3.8, 4) is 0 Å². The van der Waals surface area contributed by atoms with Crippen LogP contribution >= 0.6 is 27.7 Å². The highest BCUT2D eigenvalue weighted by atomic mass is 79.9. The minimum absolute atomic E-state index is 0.0288. The molecule has 2 nitrogen and oxygen atoms in total. The molecule has 0 spiro atoms. The normalized spacial score (nSPS) is 26.4. The Kier molecular flexibility index (Phi) is 5.29. The molecule has 1 aliphatic heterocycles. The van der Waals surface area contributed by atoms with Gasteiger partial charge in [0.25, 0.3) is 0 Å². The third kappa shape index (κ3) is 3.72. The van der Waals surface area contributed by atoms with Crippen LogP contribution in [0.3, 0.4) is 0 Å². The smallest absolute Gasteiger partial charge is 0.129 e. The van der Waals surface area contributed by atoms with Crippen LogP contribution in [0.15, 0.2) is 22.7 Å². The van der Waals surface area contributed by atoms with E-state index in [9.17, 15) is 4.39 Å². The first kappa shape index (κ1) is 15.3. The summed E-state index contributed by atoms with van der Waals surface area (Å²) in [5, 5.41) is 1.13. The summed E-state index contributed by atoms with van der Waals surface area (Å²) in [6.45, 7) is 6.82. The molecule has 5 heteroatoms. The lowest BCUT2D eigenvalue weighted by Crippen LogP contribution is -2.45. The van der Waals surface area contributed by atoms with Crippen LogP contribution in [0.4, 0.5) is 4.39 Å². The molecule has 0 saturated carbocycles. The Hall–Kier alpha value is -0.100. The van der Waals surface area contributed by atoms with Crippen LogP contribution < -0.4 is 5.73 Å². The Morgan fingerprint density at radius 2 is 2.05 bits per heavy atom. The molecule has 3 atom stereocenters. The fourth-order valence-corrected chi connectivity index (χ4v) is 4.40. The summed E-state index contributed by atoms with van der Waals surface area (Å²) in [7, 11) is 0. The van der Waals surface area contributed by atoms with E-state index in [0.29, 0.717) is 22.6 Å². The minimum atomic E-state index is -0.177. The molecule has 0 aromatic heterocycles. The molecular formula is C14H20BrFN2S. The maximum atomic E-state index is 14.1. The summed E-state index contributed by atoms with van der Waals surface area (Å²) in [6, 6.07) is 5.21. The van der Waals surface area contributed by atoms with E-state index in [1.165, 1.54) is 6.07 Å². The first-order chi connectivity index (χ1) is 9.01. The van der Waals surface area contributed by atoms with E-state index in [1.54, 1.807) is 0 Å². The first-order valence-electron chi connectivity index (χ1n) is 6.55. The predicted octanol–water partition coefficient (Wildman–Crippen LogP) is 3.41. The third-order valence-electron chi connectivity index (χ3n) is 3.43. The third-order valence-corrected chi connectivity index (χ3v) is 5.15. The van der Waals surface area contributed by atoms with Crippen molar-refractivity contribution >= 4 is 27.7 Å². The average Bonchev–Trinajstić information content (AvgIpc) is 2.31. The van der Waals surface area contributed by atoms with Gasteiger partial charge in [-0.2, -0.15) is 11.8 Å². The summed E-state index contributed by atoms with van der Waals surface area (Å²) in [5.74, 6) is -0.177. The lowest BCUT2D eigenvalue weighted by Gasteiger charge is -2.39. The molecule has 2 N–H and O–H groups in total. The summed E-state index contributed by atoms with van der Waals surface area (Å²) in [6.07, 6.45) is 0. The Morgan fingerprint density at radius 1 is 1.42 bits per heavy atom. The molecule has 2 rings (SSSR count). The topological polar surface area (TPSA) is 29.3 Å². The summed E-state index contributed by atoms with van der Waals surface area (Å²) in [5.41, 5.74) is 6.61. The van der Waals surface area contributed by atoms with Crippen molar-refractivity contribution in [3.05, 3.63) is 34.1 Å². The molecule has 19 heavy (non-hydrogen) atoms. The zero-order valence-corrected chi connectivity index (χ0v) is 13.7. The molecule has 1 fully saturated rings. The molecule has 0 aliphatic carbocycles. The second-order valence-electron chi connectivity index (χ2n) is 5.13. The van der Waals surface area contributed by atoms with Gasteiger partial charge in [0.05, 0.1) is 0 Å². The van der Waals surface area contributed by atoms with Gasteiger partial charge in [-0.15, -0.1) is 0 Å². The van der Waals surface area contributed by atoms with Gasteiger partial charge < -0.3 is 5.73 Å². The molecule has 106 valence electrons. The summed E-state index contributed by atoms with van der Waals surface area (Å²) < 4.78 is 14.9. The van der Waals surface area contributed by atoms with E-state index >= 15 is 0 Å². The number of halogens is 2. The second-order valence-corrected chi connectivity index (χ2v) is 7.93. The Balaban J connectivity index is 2.23. The average molecular weight is 347 g/mol. The second kappa shape index (κ2) is 6.57. The van der Waals surface area contributed by atoms with Gasteiger partial charge in [-0.05, 0) is 12.1 Å². The van der Waals surface area contributed by atoms with E-state index < -0.39 is 0 Å². The number of benzene rings is 1. The van der Waals surface area contributed by atoms with Gasteiger partial charge in [0.2, 0.25) is 0 Å². The van der Waals surface area contributed by atoms with E-state index in [1.807, 2.05) is 23.9 Å². The Labute approximate surface area is 127 Å². The quantitative estimate of drug-likeness (QED) is 0.909. The number of nitrogens with two attached hydrogens (primary N) is 1. The van der Waals surface area contributed by atoms with Crippen molar-refractivity contribution in [1.82, 2.24) is 4.90 Å². The van der Waals surface area contributed by atoms with E-state index in [-0.39, 0.29) is 11.9 Å². The molecular weight excluding hydrogens is 327 g/mol. The molecule has 0 radical (unpaired) electrons. The van der Waals surface area contributed by atoms with E-state index in [2.05, 4.69) is 34.7 Å². The van der Waals surface area contributed by atoms with Crippen molar-refractivity contribution in [1.29, 1.82) is 0 Å². The molecule has 3 unspecified atom stereocenters. The zero-order valence-electron chi connectivity index (χ0n) is 11.3. The van der Waals surface area contributed by atoms with Crippen molar-refractivity contribution < 1.29 is 4.39 Å². The maximum absolute atomic E-state index is 14.1. The molecule has 1 aromatic carbocycles. The zero-order chi connectivity index (χ0) is 14.0. The van der Waals surface area contributed by atoms with Crippen LogP contribution in [-0.2, 0) is 0 Å². The number of thioether (sulfide) groups is 1. The van der Waals surface area contributed by atoms with Gasteiger partial charge in [-0.3, -0.25) is 4.90 Å². The maximum Gasteiger partial charge on any atom is 0.129 e. The summed E-state index contributed by atoms with van der Waals surface area (Å²) >= 11 is 5.29. The van der Waals surface area contributed by atoms with Crippen LogP contribution in [0.25, 0.3) is 0 Å². The fraction of sp³-hybridized carbons (Fsp3) is 0.571. The highest BCUT2D eigenvalue weighted by Crippen LogP contribution is 2.32. The van der Waals surface area contributed by atoms with Crippen molar-refractivity contribution in [2.45, 2.75) is 30.4 Å². The first-order valence-corrected chi connectivity index (χ1v) is 8.29. The van der Waals surface area contributed by atoms with Gasteiger partial charge in [0.1, 0.15) is 5.82 Å². The van der Waals surface area contributed by atoms with Gasteiger partial charge >= 0.3 is 0 Å². The van der Waals surface area contributed by atoms with Gasteiger partial charge in [0.15, 0.2) is 0 Å². The summed E-state index contributed by atoms with van der Waals surface area (Å²) in [4.78, 5) is 2.32. The standard InChI is InChI=1S/C14H20BrFN2S/c1-9-7-18(8-10(2)19-9)14(6-17)12-4-3-11(15)5-13(12)16/h3-5,9-10,14H,6-8,17H2,1-2H3. The SMILES string of the molecule is CC1CN(C(CN)c2ccc(Br)cc2F)CC(C)S1. The predicted molar refractivity (Wildman–Crippen MR) is 84.0 cm³/mol. The van der Waals surface area contributed by atoms with Gasteiger partial charge in [-0.1, -0.05) is 35.8 Å². The fourth-order valence-electron chi connectivity index (χ4n) is 2.72. The molecule has 0 amide bonds. The van der Waals surface area contributed by atoms with Crippen molar-refractivity contribution in [2.75, 3.05) is 19.6 Å². The molecule has 1 aliphatic rings. The van der Waals surface area contributed by atoms with Crippen LogP contribution in [0, 0.1) is 5.82 Å². The molecule has 0 bridgehead atoms. The highest BCUT2D eigenvalue weighted by molar-refractivity contribution is 9.10. The minimum Gasteiger partial charge on any atom is -0.329 e. The monoisotopic (exact) mass is 346 g/mol. The van der Waals surface area contributed by atoms with Crippen molar-refractivity contribution in [2.24, 2.45) is 5.73 Å². The number of rotatable bonds is 3. The van der Waals surface area contributed by atoms with Crippen molar-refractivity contribution in [3.63, 3.8) is 0 Å². The molecule has 1 saturated heterocycles. The number of nitrogens with zero attached hydrogens (tertiary/aromatic N) is 1. The lowest BCUT2D eigenvalue weighted by atomic mass is 10.0.